The second-order valence-electron chi connectivity index (χ2n) is 7.75. The van der Waals surface area contributed by atoms with Gasteiger partial charge in [-0.05, 0) is 31.9 Å². The van der Waals surface area contributed by atoms with Gasteiger partial charge in [-0.25, -0.2) is 0 Å². The van der Waals surface area contributed by atoms with E-state index in [2.05, 4.69) is 83.6 Å². The molecule has 0 radical (unpaired) electrons. The van der Waals surface area contributed by atoms with Crippen LogP contribution in [0.5, 0.6) is 0 Å². The fourth-order valence-electron chi connectivity index (χ4n) is 3.28. The van der Waals surface area contributed by atoms with Crippen molar-refractivity contribution in [3.05, 3.63) is 35.9 Å². The Hall–Kier alpha value is -0.860. The molecular formula is C21H38IN5. The average molecular weight is 487 g/mol. The molecule has 2 atom stereocenters. The third-order valence-electron chi connectivity index (χ3n) is 5.38. The van der Waals surface area contributed by atoms with Crippen molar-refractivity contribution in [2.24, 2.45) is 10.9 Å². The largest absolute Gasteiger partial charge is 0.356 e. The summed E-state index contributed by atoms with van der Waals surface area (Å²) in [6.45, 7) is 12.1. The van der Waals surface area contributed by atoms with E-state index in [-0.39, 0.29) is 24.0 Å². The van der Waals surface area contributed by atoms with Gasteiger partial charge in [-0.2, -0.15) is 0 Å². The van der Waals surface area contributed by atoms with Crippen LogP contribution >= 0.6 is 24.0 Å². The number of guanidine groups is 1. The van der Waals surface area contributed by atoms with E-state index >= 15 is 0 Å². The van der Waals surface area contributed by atoms with Gasteiger partial charge in [0.15, 0.2) is 5.96 Å². The van der Waals surface area contributed by atoms with Crippen LogP contribution in [0.25, 0.3) is 0 Å². The zero-order valence-corrected chi connectivity index (χ0v) is 19.9. The highest BCUT2D eigenvalue weighted by Gasteiger charge is 2.25. The standard InChI is InChI=1S/C21H37N5.HI/c1-17(2)18(3)24-21(22-4)23-12-9-13-26-15-14-25(5)16-20(26)19-10-7-6-8-11-19;/h6-8,10-11,17-18,20H,9,12-16H2,1-5H3,(H2,22,23,24);1H. The third kappa shape index (κ3) is 7.95. The van der Waals surface area contributed by atoms with Gasteiger partial charge in [-0.15, -0.1) is 24.0 Å². The van der Waals surface area contributed by atoms with Crippen molar-refractivity contribution in [2.75, 3.05) is 46.8 Å². The van der Waals surface area contributed by atoms with Gasteiger partial charge in [0.25, 0.3) is 0 Å². The maximum atomic E-state index is 4.34. The number of hydrogen-bond acceptors (Lipinski definition) is 3. The van der Waals surface area contributed by atoms with Crippen LogP contribution in [-0.4, -0.2) is 68.6 Å². The van der Waals surface area contributed by atoms with Crippen LogP contribution in [0.3, 0.4) is 0 Å². The molecule has 1 aliphatic rings. The van der Waals surface area contributed by atoms with Crippen LogP contribution in [0.4, 0.5) is 0 Å². The maximum Gasteiger partial charge on any atom is 0.191 e. The molecule has 1 fully saturated rings. The molecule has 0 spiro atoms. The van der Waals surface area contributed by atoms with Crippen LogP contribution in [0, 0.1) is 5.92 Å². The predicted octanol–water partition coefficient (Wildman–Crippen LogP) is 3.19. The normalized spacial score (nSPS) is 20.2. The highest BCUT2D eigenvalue weighted by Crippen LogP contribution is 2.24. The lowest BCUT2D eigenvalue weighted by Crippen LogP contribution is -2.48. The van der Waals surface area contributed by atoms with Gasteiger partial charge in [-0.1, -0.05) is 44.2 Å². The molecule has 27 heavy (non-hydrogen) atoms. The molecule has 2 N–H and O–H groups in total. The molecule has 0 amide bonds. The fraction of sp³-hybridized carbons (Fsp3) is 0.667. The Balaban J connectivity index is 0.00000364. The SMILES string of the molecule is CN=C(NCCCN1CCN(C)CC1c1ccccc1)NC(C)C(C)C.I. The Morgan fingerprint density at radius 1 is 1.19 bits per heavy atom. The summed E-state index contributed by atoms with van der Waals surface area (Å²) in [5, 5.41) is 6.92. The number of benzene rings is 1. The molecule has 2 unspecified atom stereocenters. The average Bonchev–Trinajstić information content (AvgIpc) is 2.65. The highest BCUT2D eigenvalue weighted by atomic mass is 127. The third-order valence-corrected chi connectivity index (χ3v) is 5.38. The number of aliphatic imine (C=N–C) groups is 1. The smallest absolute Gasteiger partial charge is 0.191 e. The van der Waals surface area contributed by atoms with Gasteiger partial charge in [0.05, 0.1) is 0 Å². The number of nitrogens with one attached hydrogen (secondary N) is 2. The Labute approximate surface area is 183 Å². The molecule has 1 saturated heterocycles. The molecule has 1 aromatic carbocycles. The van der Waals surface area contributed by atoms with E-state index in [0.29, 0.717) is 18.0 Å². The second-order valence-corrected chi connectivity index (χ2v) is 7.75. The number of likely N-dealkylation sites (N-methyl/N-ethyl adjacent to an activating group) is 1. The molecule has 1 aliphatic heterocycles. The first-order valence-corrected chi connectivity index (χ1v) is 9.96. The molecule has 0 aliphatic carbocycles. The summed E-state index contributed by atoms with van der Waals surface area (Å²) in [7, 11) is 4.06. The van der Waals surface area contributed by atoms with E-state index < -0.39 is 0 Å². The first-order chi connectivity index (χ1) is 12.5. The quantitative estimate of drug-likeness (QED) is 0.268. The molecule has 0 bridgehead atoms. The zero-order chi connectivity index (χ0) is 18.9. The molecule has 5 nitrogen and oxygen atoms in total. The van der Waals surface area contributed by atoms with E-state index in [4.69, 9.17) is 0 Å². The number of piperazine rings is 1. The minimum atomic E-state index is 0. The van der Waals surface area contributed by atoms with Crippen LogP contribution in [0.1, 0.15) is 38.8 Å². The molecule has 2 rings (SSSR count). The predicted molar refractivity (Wildman–Crippen MR) is 127 cm³/mol. The fourth-order valence-corrected chi connectivity index (χ4v) is 3.28. The topological polar surface area (TPSA) is 42.9 Å². The Morgan fingerprint density at radius 2 is 1.89 bits per heavy atom. The Kier molecular flexibility index (Phi) is 11.3. The van der Waals surface area contributed by atoms with Gasteiger partial charge in [0.2, 0.25) is 0 Å². The van der Waals surface area contributed by atoms with Gasteiger partial charge in [0, 0.05) is 51.9 Å². The van der Waals surface area contributed by atoms with Crippen molar-refractivity contribution in [2.45, 2.75) is 39.3 Å². The number of nitrogens with zero attached hydrogens (tertiary/aromatic N) is 3. The van der Waals surface area contributed by atoms with Gasteiger partial charge in [0.1, 0.15) is 0 Å². The van der Waals surface area contributed by atoms with Crippen LogP contribution in [-0.2, 0) is 0 Å². The summed E-state index contributed by atoms with van der Waals surface area (Å²) in [6, 6.07) is 11.8. The van der Waals surface area contributed by atoms with E-state index in [9.17, 15) is 0 Å². The summed E-state index contributed by atoms with van der Waals surface area (Å²) in [4.78, 5) is 9.41. The van der Waals surface area contributed by atoms with Crippen molar-refractivity contribution >= 4 is 29.9 Å². The Morgan fingerprint density at radius 3 is 2.52 bits per heavy atom. The lowest BCUT2D eigenvalue weighted by molar-refractivity contribution is 0.0891. The summed E-state index contributed by atoms with van der Waals surface area (Å²) < 4.78 is 0. The summed E-state index contributed by atoms with van der Waals surface area (Å²) in [6.07, 6.45) is 1.11. The van der Waals surface area contributed by atoms with Gasteiger partial charge >= 0.3 is 0 Å². The highest BCUT2D eigenvalue weighted by molar-refractivity contribution is 14.0. The lowest BCUT2D eigenvalue weighted by atomic mass is 10.0. The zero-order valence-electron chi connectivity index (χ0n) is 17.6. The number of rotatable bonds is 7. The summed E-state index contributed by atoms with van der Waals surface area (Å²) in [5.74, 6) is 1.50. The molecule has 0 aromatic heterocycles. The van der Waals surface area contributed by atoms with E-state index in [0.717, 1.165) is 45.1 Å². The number of halogens is 1. The summed E-state index contributed by atoms with van der Waals surface area (Å²) >= 11 is 0. The van der Waals surface area contributed by atoms with E-state index in [1.807, 2.05) is 7.05 Å². The van der Waals surface area contributed by atoms with E-state index in [1.165, 1.54) is 5.56 Å². The van der Waals surface area contributed by atoms with Crippen LogP contribution < -0.4 is 10.6 Å². The monoisotopic (exact) mass is 487 g/mol. The lowest BCUT2D eigenvalue weighted by Gasteiger charge is -2.40. The van der Waals surface area contributed by atoms with Crippen molar-refractivity contribution in [1.29, 1.82) is 0 Å². The molecule has 154 valence electrons. The minimum absolute atomic E-state index is 0. The molecule has 1 heterocycles. The van der Waals surface area contributed by atoms with Crippen molar-refractivity contribution < 1.29 is 0 Å². The first-order valence-electron chi connectivity index (χ1n) is 9.96. The second kappa shape index (κ2) is 12.6. The van der Waals surface area contributed by atoms with Crippen molar-refractivity contribution in [3.63, 3.8) is 0 Å². The number of hydrogen-bond donors (Lipinski definition) is 2. The molecular weight excluding hydrogens is 449 g/mol. The van der Waals surface area contributed by atoms with E-state index in [1.54, 1.807) is 0 Å². The van der Waals surface area contributed by atoms with Crippen molar-refractivity contribution in [1.82, 2.24) is 20.4 Å². The van der Waals surface area contributed by atoms with Crippen molar-refractivity contribution in [3.8, 4) is 0 Å². The minimum Gasteiger partial charge on any atom is -0.356 e. The van der Waals surface area contributed by atoms with Gasteiger partial charge < -0.3 is 15.5 Å². The Bertz CT molecular complexity index is 549. The van der Waals surface area contributed by atoms with Gasteiger partial charge in [-0.3, -0.25) is 9.89 Å². The maximum absolute atomic E-state index is 4.34. The molecule has 1 aromatic rings. The molecule has 0 saturated carbocycles. The van der Waals surface area contributed by atoms with Crippen LogP contribution in [0.2, 0.25) is 0 Å². The first kappa shape index (κ1) is 24.2. The van der Waals surface area contributed by atoms with Crippen LogP contribution in [0.15, 0.2) is 35.3 Å². The molecule has 6 heteroatoms. The summed E-state index contributed by atoms with van der Waals surface area (Å²) in [5.41, 5.74) is 1.43.